The van der Waals surface area contributed by atoms with E-state index in [1.165, 1.54) is 0 Å². The summed E-state index contributed by atoms with van der Waals surface area (Å²) in [6, 6.07) is 14.7. The maximum absolute atomic E-state index is 12.0. The number of nitrogen functional groups attached to an aromatic ring is 1. The van der Waals surface area contributed by atoms with E-state index in [1.807, 2.05) is 36.4 Å². The molecule has 2 N–H and O–H groups in total. The Bertz CT molecular complexity index is 806. The number of fused-ring (bicyclic) bond motifs is 1. The Labute approximate surface area is 123 Å². The Morgan fingerprint density at radius 2 is 1.74 bits per heavy atom. The van der Waals surface area contributed by atoms with E-state index in [9.17, 15) is 4.79 Å². The number of rotatable bonds is 1. The minimum atomic E-state index is -0.335. The van der Waals surface area contributed by atoms with Crippen LogP contribution in [0.25, 0.3) is 22.1 Å². The quantitative estimate of drug-likeness (QED) is 0.408. The normalized spacial score (nSPS) is 10.8. The molecule has 0 aliphatic carbocycles. The molecule has 3 aromatic rings. The first-order chi connectivity index (χ1) is 9.13. The molecule has 1 aromatic heterocycles. The Morgan fingerprint density at radius 3 is 2.47 bits per heavy atom. The average molecular weight is 363 g/mol. The fraction of sp³-hybridized carbons (Fsp3) is 0. The van der Waals surface area contributed by atoms with Gasteiger partial charge in [0.05, 0.1) is 5.56 Å². The number of anilines is 1. The summed E-state index contributed by atoms with van der Waals surface area (Å²) in [4.78, 5) is 12.0. The van der Waals surface area contributed by atoms with Crippen molar-refractivity contribution >= 4 is 39.2 Å². The van der Waals surface area contributed by atoms with Crippen molar-refractivity contribution in [2.24, 2.45) is 0 Å². The SMILES string of the molecule is Nc1ccc(-c2cc3cc(I)ccc3oc2=O)cc1. The van der Waals surface area contributed by atoms with Gasteiger partial charge in [-0.05, 0) is 64.6 Å². The van der Waals surface area contributed by atoms with Crippen molar-refractivity contribution in [3.05, 3.63) is 62.5 Å². The molecule has 0 spiro atoms. The summed E-state index contributed by atoms with van der Waals surface area (Å²) in [5.41, 5.74) is 7.95. The lowest BCUT2D eigenvalue weighted by Crippen LogP contribution is -2.02. The van der Waals surface area contributed by atoms with Gasteiger partial charge in [0.2, 0.25) is 0 Å². The van der Waals surface area contributed by atoms with Crippen LogP contribution in [0.1, 0.15) is 0 Å². The van der Waals surface area contributed by atoms with Gasteiger partial charge < -0.3 is 10.2 Å². The molecule has 0 saturated heterocycles. The molecule has 0 unspecified atom stereocenters. The van der Waals surface area contributed by atoms with E-state index in [2.05, 4.69) is 22.6 Å². The van der Waals surface area contributed by atoms with E-state index in [0.29, 0.717) is 16.8 Å². The van der Waals surface area contributed by atoms with E-state index >= 15 is 0 Å². The van der Waals surface area contributed by atoms with Crippen molar-refractivity contribution < 1.29 is 4.42 Å². The van der Waals surface area contributed by atoms with E-state index in [-0.39, 0.29) is 5.63 Å². The van der Waals surface area contributed by atoms with Gasteiger partial charge in [-0.15, -0.1) is 0 Å². The minimum absolute atomic E-state index is 0.335. The molecule has 0 amide bonds. The third kappa shape index (κ3) is 2.35. The molecule has 2 aromatic carbocycles. The molecule has 0 radical (unpaired) electrons. The van der Waals surface area contributed by atoms with Gasteiger partial charge in [0, 0.05) is 14.6 Å². The topological polar surface area (TPSA) is 56.2 Å². The van der Waals surface area contributed by atoms with Crippen molar-refractivity contribution in [2.45, 2.75) is 0 Å². The van der Waals surface area contributed by atoms with Crippen LogP contribution in [0.5, 0.6) is 0 Å². The number of hydrogen-bond donors (Lipinski definition) is 1. The van der Waals surface area contributed by atoms with Crippen molar-refractivity contribution in [1.29, 1.82) is 0 Å². The van der Waals surface area contributed by atoms with Crippen LogP contribution in [0.3, 0.4) is 0 Å². The van der Waals surface area contributed by atoms with Crippen molar-refractivity contribution in [3.8, 4) is 11.1 Å². The summed E-state index contributed by atoms with van der Waals surface area (Å²) in [5.74, 6) is 0. The highest BCUT2D eigenvalue weighted by molar-refractivity contribution is 14.1. The fourth-order valence-electron chi connectivity index (χ4n) is 1.96. The van der Waals surface area contributed by atoms with E-state index in [4.69, 9.17) is 10.2 Å². The van der Waals surface area contributed by atoms with Gasteiger partial charge in [-0.25, -0.2) is 4.79 Å². The van der Waals surface area contributed by atoms with Gasteiger partial charge in [-0.2, -0.15) is 0 Å². The molecular weight excluding hydrogens is 353 g/mol. The maximum Gasteiger partial charge on any atom is 0.344 e. The standard InChI is InChI=1S/C15H10INO2/c16-11-3-6-14-10(7-11)8-13(15(18)19-14)9-1-4-12(17)5-2-9/h1-8H,17H2. The fourth-order valence-corrected chi connectivity index (χ4v) is 2.47. The monoisotopic (exact) mass is 363 g/mol. The number of hydrogen-bond acceptors (Lipinski definition) is 3. The molecule has 0 fully saturated rings. The Kier molecular flexibility index (Phi) is 3.02. The van der Waals surface area contributed by atoms with Crippen LogP contribution in [0.4, 0.5) is 5.69 Å². The Morgan fingerprint density at radius 1 is 1.00 bits per heavy atom. The highest BCUT2D eigenvalue weighted by atomic mass is 127. The van der Waals surface area contributed by atoms with Crippen LogP contribution in [0.2, 0.25) is 0 Å². The molecule has 0 aliphatic heterocycles. The number of benzene rings is 2. The minimum Gasteiger partial charge on any atom is -0.422 e. The molecular formula is C15H10INO2. The third-order valence-electron chi connectivity index (χ3n) is 2.92. The van der Waals surface area contributed by atoms with Gasteiger partial charge >= 0.3 is 5.63 Å². The lowest BCUT2D eigenvalue weighted by molar-refractivity contribution is 0.563. The summed E-state index contributed by atoms with van der Waals surface area (Å²) in [6.45, 7) is 0. The van der Waals surface area contributed by atoms with Crippen LogP contribution in [-0.2, 0) is 0 Å². The lowest BCUT2D eigenvalue weighted by atomic mass is 10.1. The Hall–Kier alpha value is -1.82. The summed E-state index contributed by atoms with van der Waals surface area (Å²) < 4.78 is 6.44. The zero-order valence-electron chi connectivity index (χ0n) is 9.89. The zero-order valence-corrected chi connectivity index (χ0v) is 12.0. The van der Waals surface area contributed by atoms with Gasteiger partial charge in [0.1, 0.15) is 5.58 Å². The molecule has 19 heavy (non-hydrogen) atoms. The summed E-state index contributed by atoms with van der Waals surface area (Å²) >= 11 is 2.23. The summed E-state index contributed by atoms with van der Waals surface area (Å²) in [5, 5.41) is 0.915. The van der Waals surface area contributed by atoms with Crippen LogP contribution >= 0.6 is 22.6 Å². The van der Waals surface area contributed by atoms with Crippen molar-refractivity contribution in [3.63, 3.8) is 0 Å². The van der Waals surface area contributed by atoms with Crippen LogP contribution < -0.4 is 11.4 Å². The van der Waals surface area contributed by atoms with Crippen molar-refractivity contribution in [1.82, 2.24) is 0 Å². The smallest absolute Gasteiger partial charge is 0.344 e. The second-order valence-electron chi connectivity index (χ2n) is 4.25. The number of halogens is 1. The van der Waals surface area contributed by atoms with Gasteiger partial charge in [0.15, 0.2) is 0 Å². The van der Waals surface area contributed by atoms with Crippen LogP contribution in [0.15, 0.2) is 57.7 Å². The Balaban J connectivity index is 2.26. The second kappa shape index (κ2) is 4.70. The van der Waals surface area contributed by atoms with E-state index in [1.54, 1.807) is 12.1 Å². The first kappa shape index (κ1) is 12.2. The largest absolute Gasteiger partial charge is 0.422 e. The number of nitrogens with two attached hydrogens (primary N) is 1. The summed E-state index contributed by atoms with van der Waals surface area (Å²) in [6.07, 6.45) is 0. The first-order valence-corrected chi connectivity index (χ1v) is 6.81. The van der Waals surface area contributed by atoms with Crippen LogP contribution in [0, 0.1) is 3.57 Å². The molecule has 1 heterocycles. The molecule has 94 valence electrons. The third-order valence-corrected chi connectivity index (χ3v) is 3.59. The first-order valence-electron chi connectivity index (χ1n) is 5.73. The van der Waals surface area contributed by atoms with Gasteiger partial charge in [-0.1, -0.05) is 12.1 Å². The molecule has 3 rings (SSSR count). The van der Waals surface area contributed by atoms with Gasteiger partial charge in [0.25, 0.3) is 0 Å². The predicted molar refractivity (Wildman–Crippen MR) is 85.0 cm³/mol. The van der Waals surface area contributed by atoms with Crippen LogP contribution in [-0.4, -0.2) is 0 Å². The lowest BCUT2D eigenvalue weighted by Gasteiger charge is -2.03. The molecule has 0 bridgehead atoms. The highest BCUT2D eigenvalue weighted by Crippen LogP contribution is 2.23. The second-order valence-corrected chi connectivity index (χ2v) is 5.50. The summed E-state index contributed by atoms with van der Waals surface area (Å²) in [7, 11) is 0. The molecule has 0 saturated carbocycles. The predicted octanol–water partition coefficient (Wildman–Crippen LogP) is 3.65. The molecule has 0 aliphatic rings. The van der Waals surface area contributed by atoms with E-state index in [0.717, 1.165) is 14.5 Å². The molecule has 0 atom stereocenters. The van der Waals surface area contributed by atoms with E-state index < -0.39 is 0 Å². The average Bonchev–Trinajstić information content (AvgIpc) is 2.40. The molecule has 4 heteroatoms. The zero-order chi connectivity index (χ0) is 13.4. The molecule has 3 nitrogen and oxygen atoms in total. The highest BCUT2D eigenvalue weighted by Gasteiger charge is 2.07. The van der Waals surface area contributed by atoms with Crippen molar-refractivity contribution in [2.75, 3.05) is 5.73 Å². The maximum atomic E-state index is 12.0. The van der Waals surface area contributed by atoms with Gasteiger partial charge in [-0.3, -0.25) is 0 Å².